The number of nitrogens with one attached hydrogen (secondary N) is 1. The first-order chi connectivity index (χ1) is 8.29. The molecule has 0 spiro atoms. The van der Waals surface area contributed by atoms with E-state index < -0.39 is 0 Å². The van der Waals surface area contributed by atoms with Gasteiger partial charge in [-0.3, -0.25) is 0 Å². The zero-order valence-corrected chi connectivity index (χ0v) is 12.1. The molecule has 0 saturated heterocycles. The van der Waals surface area contributed by atoms with Crippen molar-refractivity contribution in [3.63, 3.8) is 0 Å². The average molecular weight is 245 g/mol. The van der Waals surface area contributed by atoms with Gasteiger partial charge in [-0.15, -0.1) is 0 Å². The van der Waals surface area contributed by atoms with Crippen molar-refractivity contribution in [2.75, 3.05) is 26.4 Å². The molecule has 3 nitrogen and oxygen atoms in total. The Kier molecular flexibility index (Phi) is 12.3. The summed E-state index contributed by atoms with van der Waals surface area (Å²) in [5.74, 6) is 0. The second-order valence-electron chi connectivity index (χ2n) is 4.36. The lowest BCUT2D eigenvalue weighted by Crippen LogP contribution is -2.41. The van der Waals surface area contributed by atoms with Crippen LogP contribution < -0.4 is 5.32 Å². The molecule has 2 atom stereocenters. The van der Waals surface area contributed by atoms with E-state index in [4.69, 9.17) is 9.47 Å². The lowest BCUT2D eigenvalue weighted by Gasteiger charge is -2.27. The Morgan fingerprint density at radius 2 is 1.76 bits per heavy atom. The predicted molar refractivity (Wildman–Crippen MR) is 73.5 cm³/mol. The summed E-state index contributed by atoms with van der Waals surface area (Å²) in [7, 11) is 0. The molecule has 0 aromatic carbocycles. The second kappa shape index (κ2) is 12.3. The molecule has 0 amide bonds. The molecule has 0 aliphatic rings. The molecule has 0 aliphatic heterocycles. The molecule has 0 saturated carbocycles. The monoisotopic (exact) mass is 245 g/mol. The Hall–Kier alpha value is -0.120. The van der Waals surface area contributed by atoms with Crippen molar-refractivity contribution in [3.8, 4) is 0 Å². The Bertz CT molecular complexity index is 153. The first-order valence-corrected chi connectivity index (χ1v) is 7.22. The Morgan fingerprint density at radius 3 is 2.29 bits per heavy atom. The molecular formula is C14H31NO2. The van der Waals surface area contributed by atoms with Crippen LogP contribution in [0.1, 0.15) is 53.4 Å². The first-order valence-electron chi connectivity index (χ1n) is 7.22. The van der Waals surface area contributed by atoms with Crippen molar-refractivity contribution in [1.82, 2.24) is 5.32 Å². The summed E-state index contributed by atoms with van der Waals surface area (Å²) in [6.45, 7) is 11.9. The molecular weight excluding hydrogens is 214 g/mol. The molecule has 0 fully saturated rings. The zero-order valence-electron chi connectivity index (χ0n) is 12.1. The van der Waals surface area contributed by atoms with Gasteiger partial charge in [-0.1, -0.05) is 27.2 Å². The number of hydrogen-bond donors (Lipinski definition) is 1. The highest BCUT2D eigenvalue weighted by atomic mass is 16.5. The number of ether oxygens (including phenoxy) is 2. The molecule has 3 heteroatoms. The fourth-order valence-electron chi connectivity index (χ4n) is 1.98. The van der Waals surface area contributed by atoms with Crippen LogP contribution in [0.25, 0.3) is 0 Å². The normalized spacial score (nSPS) is 14.8. The molecule has 17 heavy (non-hydrogen) atoms. The van der Waals surface area contributed by atoms with E-state index in [1.54, 1.807) is 0 Å². The van der Waals surface area contributed by atoms with E-state index in [0.717, 1.165) is 19.6 Å². The minimum Gasteiger partial charge on any atom is -0.379 e. The van der Waals surface area contributed by atoms with Gasteiger partial charge in [0.2, 0.25) is 0 Å². The maximum atomic E-state index is 5.92. The predicted octanol–water partition coefficient (Wildman–Crippen LogP) is 2.99. The molecule has 104 valence electrons. The highest BCUT2D eigenvalue weighted by molar-refractivity contribution is 4.75. The van der Waals surface area contributed by atoms with Crippen molar-refractivity contribution in [1.29, 1.82) is 0 Å². The Morgan fingerprint density at radius 1 is 1.00 bits per heavy atom. The summed E-state index contributed by atoms with van der Waals surface area (Å²) in [5.41, 5.74) is 0. The highest BCUT2D eigenvalue weighted by Gasteiger charge is 2.18. The van der Waals surface area contributed by atoms with Gasteiger partial charge in [0.05, 0.1) is 19.3 Å². The summed E-state index contributed by atoms with van der Waals surface area (Å²) in [4.78, 5) is 0. The van der Waals surface area contributed by atoms with Crippen LogP contribution in [0, 0.1) is 0 Å². The van der Waals surface area contributed by atoms with Gasteiger partial charge in [0.1, 0.15) is 0 Å². The summed E-state index contributed by atoms with van der Waals surface area (Å²) >= 11 is 0. The van der Waals surface area contributed by atoms with Gasteiger partial charge in [-0.2, -0.15) is 0 Å². The molecule has 0 aliphatic carbocycles. The van der Waals surface area contributed by atoms with Gasteiger partial charge in [0, 0.05) is 12.6 Å². The number of hydrogen-bond acceptors (Lipinski definition) is 3. The minimum atomic E-state index is 0.321. The van der Waals surface area contributed by atoms with Crippen molar-refractivity contribution in [2.45, 2.75) is 65.5 Å². The highest BCUT2D eigenvalue weighted by Crippen LogP contribution is 2.10. The standard InChI is InChI=1S/C14H31NO2/c1-5-9-13(15-10-6-2)14(7-3)17-12-11-16-8-4/h13-15H,5-12H2,1-4H3. The van der Waals surface area contributed by atoms with Crippen molar-refractivity contribution < 1.29 is 9.47 Å². The fourth-order valence-corrected chi connectivity index (χ4v) is 1.98. The van der Waals surface area contributed by atoms with Gasteiger partial charge >= 0.3 is 0 Å². The molecule has 0 aromatic heterocycles. The van der Waals surface area contributed by atoms with Gasteiger partial charge in [-0.25, -0.2) is 0 Å². The van der Waals surface area contributed by atoms with Crippen LogP contribution in [-0.2, 0) is 9.47 Å². The Balaban J connectivity index is 3.95. The summed E-state index contributed by atoms with van der Waals surface area (Å²) in [5, 5.41) is 3.60. The lowest BCUT2D eigenvalue weighted by atomic mass is 10.0. The largest absolute Gasteiger partial charge is 0.379 e. The third-order valence-electron chi connectivity index (χ3n) is 2.87. The fraction of sp³-hybridized carbons (Fsp3) is 1.00. The van der Waals surface area contributed by atoms with Crippen molar-refractivity contribution in [3.05, 3.63) is 0 Å². The first kappa shape index (κ1) is 16.9. The lowest BCUT2D eigenvalue weighted by molar-refractivity contribution is -0.0125. The number of rotatable bonds is 12. The van der Waals surface area contributed by atoms with Crippen molar-refractivity contribution >= 4 is 0 Å². The van der Waals surface area contributed by atoms with E-state index in [9.17, 15) is 0 Å². The summed E-state index contributed by atoms with van der Waals surface area (Å²) < 4.78 is 11.2. The SMILES string of the molecule is CCCNC(CCC)C(CC)OCCOCC. The van der Waals surface area contributed by atoms with Crippen LogP contribution in [0.4, 0.5) is 0 Å². The van der Waals surface area contributed by atoms with E-state index in [2.05, 4.69) is 26.1 Å². The average Bonchev–Trinajstić information content (AvgIpc) is 2.35. The minimum absolute atomic E-state index is 0.321. The van der Waals surface area contributed by atoms with E-state index >= 15 is 0 Å². The molecule has 0 rings (SSSR count). The topological polar surface area (TPSA) is 30.5 Å². The van der Waals surface area contributed by atoms with Gasteiger partial charge in [-0.05, 0) is 32.7 Å². The molecule has 0 radical (unpaired) electrons. The van der Waals surface area contributed by atoms with E-state index in [1.807, 2.05) is 6.92 Å². The summed E-state index contributed by atoms with van der Waals surface area (Å²) in [6, 6.07) is 0.492. The van der Waals surface area contributed by atoms with Crippen LogP contribution in [-0.4, -0.2) is 38.5 Å². The zero-order chi connectivity index (χ0) is 12.9. The maximum Gasteiger partial charge on any atom is 0.0726 e. The van der Waals surface area contributed by atoms with Crippen LogP contribution in [0.5, 0.6) is 0 Å². The second-order valence-corrected chi connectivity index (χ2v) is 4.36. The van der Waals surface area contributed by atoms with E-state index in [1.165, 1.54) is 19.3 Å². The van der Waals surface area contributed by atoms with Crippen molar-refractivity contribution in [2.24, 2.45) is 0 Å². The molecule has 1 N–H and O–H groups in total. The third kappa shape index (κ3) is 8.58. The molecule has 2 unspecified atom stereocenters. The van der Waals surface area contributed by atoms with Crippen LogP contribution in [0.2, 0.25) is 0 Å². The maximum absolute atomic E-state index is 5.92. The van der Waals surface area contributed by atoms with Crippen LogP contribution >= 0.6 is 0 Å². The van der Waals surface area contributed by atoms with E-state index in [-0.39, 0.29) is 0 Å². The molecule has 0 aromatic rings. The Labute approximate surface area is 107 Å². The summed E-state index contributed by atoms with van der Waals surface area (Å²) in [6.07, 6.45) is 4.95. The van der Waals surface area contributed by atoms with Gasteiger partial charge in [0.15, 0.2) is 0 Å². The molecule has 0 bridgehead atoms. The quantitative estimate of drug-likeness (QED) is 0.536. The van der Waals surface area contributed by atoms with Crippen LogP contribution in [0.3, 0.4) is 0 Å². The molecule has 0 heterocycles. The van der Waals surface area contributed by atoms with E-state index in [0.29, 0.717) is 25.4 Å². The third-order valence-corrected chi connectivity index (χ3v) is 2.87. The van der Waals surface area contributed by atoms with Gasteiger partial charge in [0.25, 0.3) is 0 Å². The van der Waals surface area contributed by atoms with Gasteiger partial charge < -0.3 is 14.8 Å². The smallest absolute Gasteiger partial charge is 0.0726 e. The van der Waals surface area contributed by atoms with Crippen LogP contribution in [0.15, 0.2) is 0 Å².